The summed E-state index contributed by atoms with van der Waals surface area (Å²) < 4.78 is 10.00. The fourth-order valence-corrected chi connectivity index (χ4v) is 2.23. The van der Waals surface area contributed by atoms with Crippen molar-refractivity contribution in [1.29, 1.82) is 0 Å². The van der Waals surface area contributed by atoms with Crippen LogP contribution >= 0.6 is 0 Å². The molecule has 1 unspecified atom stereocenters. The Morgan fingerprint density at radius 3 is 2.48 bits per heavy atom. The van der Waals surface area contributed by atoms with E-state index >= 15 is 0 Å². The number of aromatic hydroxyl groups is 1. The summed E-state index contributed by atoms with van der Waals surface area (Å²) in [6, 6.07) is 12.0. The third-order valence-electron chi connectivity index (χ3n) is 3.46. The second kappa shape index (κ2) is 8.70. The highest BCUT2D eigenvalue weighted by molar-refractivity contribution is 5.81. The first-order valence-corrected chi connectivity index (χ1v) is 7.52. The lowest BCUT2D eigenvalue weighted by Crippen LogP contribution is -2.34. The van der Waals surface area contributed by atoms with E-state index in [0.717, 1.165) is 5.56 Å². The lowest BCUT2D eigenvalue weighted by molar-refractivity contribution is -0.139. The number of methoxy groups -OCH3 is 1. The van der Waals surface area contributed by atoms with Crippen LogP contribution in [0.5, 0.6) is 5.75 Å². The minimum atomic E-state index is -1.31. The monoisotopic (exact) mass is 345 g/mol. The summed E-state index contributed by atoms with van der Waals surface area (Å²) in [7, 11) is 1.46. The van der Waals surface area contributed by atoms with Crippen molar-refractivity contribution in [2.75, 3.05) is 7.11 Å². The number of benzene rings is 2. The van der Waals surface area contributed by atoms with Gasteiger partial charge in [0.05, 0.1) is 6.61 Å². The van der Waals surface area contributed by atoms with Crippen LogP contribution in [-0.2, 0) is 27.5 Å². The first kappa shape index (κ1) is 18.3. The van der Waals surface area contributed by atoms with E-state index in [0.29, 0.717) is 11.1 Å². The summed E-state index contributed by atoms with van der Waals surface area (Å²) in [4.78, 5) is 23.4. The van der Waals surface area contributed by atoms with Gasteiger partial charge in [-0.05, 0) is 23.3 Å². The van der Waals surface area contributed by atoms with Crippen molar-refractivity contribution in [1.82, 2.24) is 5.32 Å². The zero-order valence-corrected chi connectivity index (χ0v) is 13.6. The van der Waals surface area contributed by atoms with Gasteiger partial charge in [0.2, 0.25) is 0 Å². The average molecular weight is 345 g/mol. The summed E-state index contributed by atoms with van der Waals surface area (Å²) in [6.45, 7) is 0.147. The number of carboxylic acids is 1. The van der Waals surface area contributed by atoms with Crippen LogP contribution in [0.1, 0.15) is 22.7 Å². The summed E-state index contributed by atoms with van der Waals surface area (Å²) in [5, 5.41) is 21.4. The number of carbonyl (C=O) groups excluding carboxylic acids is 1. The van der Waals surface area contributed by atoms with E-state index < -0.39 is 18.1 Å². The summed E-state index contributed by atoms with van der Waals surface area (Å²) in [5.41, 5.74) is 1.51. The van der Waals surface area contributed by atoms with E-state index in [2.05, 4.69) is 5.32 Å². The Morgan fingerprint density at radius 2 is 1.84 bits per heavy atom. The molecule has 0 bridgehead atoms. The van der Waals surface area contributed by atoms with Crippen LogP contribution in [0.4, 0.5) is 4.79 Å². The van der Waals surface area contributed by atoms with Crippen LogP contribution < -0.4 is 5.32 Å². The molecule has 0 fully saturated rings. The van der Waals surface area contributed by atoms with Gasteiger partial charge >= 0.3 is 12.1 Å². The first-order chi connectivity index (χ1) is 12.0. The summed E-state index contributed by atoms with van der Waals surface area (Å²) >= 11 is 0. The smallest absolute Gasteiger partial charge is 0.408 e. The molecule has 0 aliphatic rings. The van der Waals surface area contributed by atoms with Crippen LogP contribution in [0.3, 0.4) is 0 Å². The van der Waals surface area contributed by atoms with Gasteiger partial charge in [0.1, 0.15) is 12.4 Å². The predicted octanol–water partition coefficient (Wildman–Crippen LogP) is 2.59. The number of aliphatic carboxylic acids is 1. The second-order valence-corrected chi connectivity index (χ2v) is 5.30. The van der Waals surface area contributed by atoms with Gasteiger partial charge < -0.3 is 25.0 Å². The predicted molar refractivity (Wildman–Crippen MR) is 89.0 cm³/mol. The molecule has 25 heavy (non-hydrogen) atoms. The maximum Gasteiger partial charge on any atom is 0.408 e. The molecule has 0 radical (unpaired) electrons. The van der Waals surface area contributed by atoms with Crippen molar-refractivity contribution in [3.05, 3.63) is 65.2 Å². The number of hydrogen-bond acceptors (Lipinski definition) is 5. The molecule has 1 atom stereocenters. The standard InChI is InChI=1S/C18H19NO6/c1-24-11-14-9-13(7-8-15(14)20)16(17(21)22)19-18(23)25-10-12-5-3-2-4-6-12/h2-9,16,20H,10-11H2,1H3,(H,19,23)(H,21,22). The van der Waals surface area contributed by atoms with Gasteiger partial charge in [-0.2, -0.15) is 0 Å². The zero-order chi connectivity index (χ0) is 18.2. The number of nitrogens with one attached hydrogen (secondary N) is 1. The lowest BCUT2D eigenvalue weighted by Gasteiger charge is -2.16. The molecule has 7 nitrogen and oxygen atoms in total. The molecule has 3 N–H and O–H groups in total. The van der Waals surface area contributed by atoms with Crippen molar-refractivity contribution < 1.29 is 29.3 Å². The average Bonchev–Trinajstić information content (AvgIpc) is 2.61. The molecule has 132 valence electrons. The molecule has 0 aliphatic heterocycles. The molecule has 7 heteroatoms. The van der Waals surface area contributed by atoms with Crippen molar-refractivity contribution in [2.45, 2.75) is 19.3 Å². The summed E-state index contributed by atoms with van der Waals surface area (Å²) in [6.07, 6.45) is -0.849. The molecule has 0 aromatic heterocycles. The van der Waals surface area contributed by atoms with Gasteiger partial charge in [0, 0.05) is 12.7 Å². The van der Waals surface area contributed by atoms with Crippen LogP contribution in [0.15, 0.2) is 48.5 Å². The highest BCUT2D eigenvalue weighted by atomic mass is 16.5. The number of hydrogen-bond donors (Lipinski definition) is 3. The Labute approximate surface area is 144 Å². The van der Waals surface area contributed by atoms with Crippen molar-refractivity contribution in [2.24, 2.45) is 0 Å². The van der Waals surface area contributed by atoms with Crippen LogP contribution in [0.2, 0.25) is 0 Å². The number of carboxylic acid groups (broad SMARTS) is 1. The summed E-state index contributed by atoms with van der Waals surface area (Å²) in [5.74, 6) is -1.26. The minimum absolute atomic E-state index is 0.0126. The van der Waals surface area contributed by atoms with Gasteiger partial charge in [0.25, 0.3) is 0 Å². The normalized spacial score (nSPS) is 11.6. The highest BCUT2D eigenvalue weighted by Gasteiger charge is 2.23. The molecular formula is C18H19NO6. The topological polar surface area (TPSA) is 105 Å². The fourth-order valence-electron chi connectivity index (χ4n) is 2.23. The van der Waals surface area contributed by atoms with E-state index in [1.54, 1.807) is 12.1 Å². The Morgan fingerprint density at radius 1 is 1.12 bits per heavy atom. The first-order valence-electron chi connectivity index (χ1n) is 7.52. The molecule has 0 saturated carbocycles. The molecule has 1 amide bonds. The van der Waals surface area contributed by atoms with Crippen molar-refractivity contribution in [3.63, 3.8) is 0 Å². The van der Waals surface area contributed by atoms with Gasteiger partial charge in [-0.15, -0.1) is 0 Å². The van der Waals surface area contributed by atoms with Gasteiger partial charge in [-0.25, -0.2) is 9.59 Å². The number of amides is 1. The van der Waals surface area contributed by atoms with Crippen molar-refractivity contribution >= 4 is 12.1 Å². The van der Waals surface area contributed by atoms with E-state index in [9.17, 15) is 19.8 Å². The lowest BCUT2D eigenvalue weighted by atomic mass is 10.0. The Bertz CT molecular complexity index is 732. The largest absolute Gasteiger partial charge is 0.508 e. The fraction of sp³-hybridized carbons (Fsp3) is 0.222. The van der Waals surface area contributed by atoms with E-state index in [-0.39, 0.29) is 19.0 Å². The van der Waals surface area contributed by atoms with Crippen molar-refractivity contribution in [3.8, 4) is 5.75 Å². The third-order valence-corrected chi connectivity index (χ3v) is 3.46. The SMILES string of the molecule is COCc1cc(C(NC(=O)OCc2ccccc2)C(=O)O)ccc1O. The maximum atomic E-state index is 11.9. The Balaban J connectivity index is 2.06. The number of ether oxygens (including phenoxy) is 2. The molecular weight excluding hydrogens is 326 g/mol. The molecule has 2 rings (SSSR count). The maximum absolute atomic E-state index is 11.9. The molecule has 0 aliphatic carbocycles. The number of rotatable bonds is 7. The third kappa shape index (κ3) is 5.22. The highest BCUT2D eigenvalue weighted by Crippen LogP contribution is 2.23. The van der Waals surface area contributed by atoms with Gasteiger partial charge in [-0.1, -0.05) is 36.4 Å². The van der Waals surface area contributed by atoms with Gasteiger partial charge in [0.15, 0.2) is 6.04 Å². The number of alkyl carbamates (subject to hydrolysis) is 1. The molecule has 0 heterocycles. The van der Waals surface area contributed by atoms with Crippen LogP contribution in [-0.4, -0.2) is 29.4 Å². The molecule has 0 saturated heterocycles. The molecule has 0 spiro atoms. The molecule has 2 aromatic carbocycles. The van der Waals surface area contributed by atoms with E-state index in [1.165, 1.54) is 25.3 Å². The van der Waals surface area contributed by atoms with Crippen LogP contribution in [0, 0.1) is 0 Å². The second-order valence-electron chi connectivity index (χ2n) is 5.30. The molecule has 2 aromatic rings. The number of phenols is 1. The zero-order valence-electron chi connectivity index (χ0n) is 13.6. The minimum Gasteiger partial charge on any atom is -0.508 e. The van der Waals surface area contributed by atoms with Gasteiger partial charge in [-0.3, -0.25) is 0 Å². The quantitative estimate of drug-likeness (QED) is 0.712. The van der Waals surface area contributed by atoms with E-state index in [4.69, 9.17) is 9.47 Å². The van der Waals surface area contributed by atoms with Crippen LogP contribution in [0.25, 0.3) is 0 Å². The number of carbonyl (C=O) groups is 2. The van der Waals surface area contributed by atoms with E-state index in [1.807, 2.05) is 18.2 Å². The Kier molecular flexibility index (Phi) is 6.36. The number of phenolic OH excluding ortho intramolecular Hbond substituents is 1. The Hall–Kier alpha value is -3.06.